The van der Waals surface area contributed by atoms with Crippen molar-refractivity contribution in [3.8, 4) is 0 Å². The number of unbranched alkanes of at least 4 members (excludes halogenated alkanes) is 1. The van der Waals surface area contributed by atoms with Gasteiger partial charge in [-0.05, 0) is 43.4 Å². The zero-order valence-corrected chi connectivity index (χ0v) is 13.5. The van der Waals surface area contributed by atoms with Crippen molar-refractivity contribution in [2.45, 2.75) is 65.4 Å². The van der Waals surface area contributed by atoms with Crippen LogP contribution in [0.15, 0.2) is 0 Å². The zero-order chi connectivity index (χ0) is 13.5. The number of carbonyl (C=O) groups excluding carboxylic acids is 1. The lowest BCUT2D eigenvalue weighted by Crippen LogP contribution is -2.35. The highest BCUT2D eigenvalue weighted by Crippen LogP contribution is 2.35. The molecule has 0 unspecified atom stereocenters. The standard InChI is InChI=1S/C15H27BrO2/c1-11(2)13-8-7-12(3)10-14(13)18-15(17)6-4-5-9-16/h11-14H,4-10H2,1-3H3/t12-,13+,14-/m0/s1. The first-order valence-electron chi connectivity index (χ1n) is 7.30. The van der Waals surface area contributed by atoms with Crippen LogP contribution in [0.25, 0.3) is 0 Å². The van der Waals surface area contributed by atoms with Crippen molar-refractivity contribution in [1.29, 1.82) is 0 Å². The van der Waals surface area contributed by atoms with Gasteiger partial charge in [-0.3, -0.25) is 4.79 Å². The van der Waals surface area contributed by atoms with Crippen LogP contribution in [0.4, 0.5) is 0 Å². The topological polar surface area (TPSA) is 26.3 Å². The molecule has 0 saturated heterocycles. The fourth-order valence-electron chi connectivity index (χ4n) is 2.84. The van der Waals surface area contributed by atoms with Crippen LogP contribution in [0, 0.1) is 17.8 Å². The van der Waals surface area contributed by atoms with Gasteiger partial charge >= 0.3 is 5.97 Å². The Morgan fingerprint density at radius 3 is 2.67 bits per heavy atom. The Hall–Kier alpha value is -0.0500. The number of alkyl halides is 1. The summed E-state index contributed by atoms with van der Waals surface area (Å²) in [4.78, 5) is 11.8. The molecule has 1 saturated carbocycles. The molecule has 1 rings (SSSR count). The van der Waals surface area contributed by atoms with E-state index in [9.17, 15) is 4.79 Å². The fraction of sp³-hybridized carbons (Fsp3) is 0.933. The summed E-state index contributed by atoms with van der Waals surface area (Å²) in [5, 5.41) is 0.968. The van der Waals surface area contributed by atoms with E-state index in [1.54, 1.807) is 0 Å². The van der Waals surface area contributed by atoms with Crippen molar-refractivity contribution in [3.63, 3.8) is 0 Å². The highest BCUT2D eigenvalue weighted by molar-refractivity contribution is 9.09. The minimum absolute atomic E-state index is 0.000648. The van der Waals surface area contributed by atoms with Crippen LogP contribution in [0.5, 0.6) is 0 Å². The summed E-state index contributed by atoms with van der Waals surface area (Å²) >= 11 is 3.38. The Kier molecular flexibility index (Phi) is 7.28. The Balaban J connectivity index is 2.42. The van der Waals surface area contributed by atoms with E-state index in [1.165, 1.54) is 12.8 Å². The summed E-state index contributed by atoms with van der Waals surface area (Å²) < 4.78 is 5.73. The van der Waals surface area contributed by atoms with Gasteiger partial charge < -0.3 is 4.74 Å². The number of hydrogen-bond acceptors (Lipinski definition) is 2. The van der Waals surface area contributed by atoms with Gasteiger partial charge in [0.1, 0.15) is 6.10 Å². The molecule has 3 heteroatoms. The molecule has 0 spiro atoms. The Morgan fingerprint density at radius 2 is 2.06 bits per heavy atom. The van der Waals surface area contributed by atoms with Crippen LogP contribution in [0.3, 0.4) is 0 Å². The summed E-state index contributed by atoms with van der Waals surface area (Å²) in [5.74, 6) is 1.86. The molecule has 0 N–H and O–H groups in total. The van der Waals surface area contributed by atoms with E-state index in [-0.39, 0.29) is 12.1 Å². The number of hydrogen-bond donors (Lipinski definition) is 0. The molecule has 0 bridgehead atoms. The second kappa shape index (κ2) is 8.19. The first-order chi connectivity index (χ1) is 8.54. The molecule has 0 radical (unpaired) electrons. The van der Waals surface area contributed by atoms with E-state index in [2.05, 4.69) is 36.7 Å². The molecule has 0 aromatic rings. The van der Waals surface area contributed by atoms with Crippen LogP contribution in [-0.2, 0) is 9.53 Å². The average molecular weight is 319 g/mol. The van der Waals surface area contributed by atoms with Gasteiger partial charge in [0.2, 0.25) is 0 Å². The zero-order valence-electron chi connectivity index (χ0n) is 12.0. The van der Waals surface area contributed by atoms with Gasteiger partial charge in [0.15, 0.2) is 0 Å². The van der Waals surface area contributed by atoms with Crippen molar-refractivity contribution >= 4 is 21.9 Å². The monoisotopic (exact) mass is 318 g/mol. The molecule has 1 fully saturated rings. The van der Waals surface area contributed by atoms with Crippen LogP contribution in [-0.4, -0.2) is 17.4 Å². The third kappa shape index (κ3) is 5.29. The molecule has 0 aromatic carbocycles. The molecule has 1 aliphatic rings. The summed E-state index contributed by atoms with van der Waals surface area (Å²) in [5.41, 5.74) is 0. The van der Waals surface area contributed by atoms with Crippen molar-refractivity contribution in [2.24, 2.45) is 17.8 Å². The summed E-state index contributed by atoms with van der Waals surface area (Å²) in [6, 6.07) is 0. The fourth-order valence-corrected chi connectivity index (χ4v) is 3.24. The Labute approximate surface area is 120 Å². The maximum absolute atomic E-state index is 11.8. The van der Waals surface area contributed by atoms with Gasteiger partial charge in [-0.15, -0.1) is 0 Å². The van der Waals surface area contributed by atoms with Crippen LogP contribution < -0.4 is 0 Å². The molecule has 0 amide bonds. The quantitative estimate of drug-likeness (QED) is 0.408. The lowest BCUT2D eigenvalue weighted by molar-refractivity contribution is -0.156. The van der Waals surface area contributed by atoms with E-state index >= 15 is 0 Å². The Morgan fingerprint density at radius 1 is 1.33 bits per heavy atom. The van der Waals surface area contributed by atoms with Gasteiger partial charge in [-0.25, -0.2) is 0 Å². The Bertz CT molecular complexity index is 253. The third-order valence-corrected chi connectivity index (χ3v) is 4.57. The normalized spacial score (nSPS) is 28.4. The predicted molar refractivity (Wildman–Crippen MR) is 78.9 cm³/mol. The first-order valence-corrected chi connectivity index (χ1v) is 8.42. The number of halogens is 1. The number of rotatable bonds is 6. The maximum Gasteiger partial charge on any atom is 0.306 e. The number of ether oxygens (including phenoxy) is 1. The lowest BCUT2D eigenvalue weighted by atomic mass is 9.75. The molecule has 0 heterocycles. The van der Waals surface area contributed by atoms with Crippen molar-refractivity contribution in [3.05, 3.63) is 0 Å². The minimum Gasteiger partial charge on any atom is -0.462 e. The van der Waals surface area contributed by atoms with E-state index in [0.29, 0.717) is 24.2 Å². The van der Waals surface area contributed by atoms with E-state index < -0.39 is 0 Å². The van der Waals surface area contributed by atoms with Crippen molar-refractivity contribution in [1.82, 2.24) is 0 Å². The molecular weight excluding hydrogens is 292 g/mol. The molecule has 2 nitrogen and oxygen atoms in total. The molecule has 1 aliphatic carbocycles. The highest BCUT2D eigenvalue weighted by atomic mass is 79.9. The second-order valence-electron chi connectivity index (χ2n) is 6.00. The first kappa shape index (κ1) is 16.0. The smallest absolute Gasteiger partial charge is 0.306 e. The van der Waals surface area contributed by atoms with E-state index in [0.717, 1.165) is 24.6 Å². The second-order valence-corrected chi connectivity index (χ2v) is 6.79. The minimum atomic E-state index is 0.000648. The van der Waals surface area contributed by atoms with E-state index in [4.69, 9.17) is 4.74 Å². The van der Waals surface area contributed by atoms with Crippen molar-refractivity contribution < 1.29 is 9.53 Å². The average Bonchev–Trinajstić information content (AvgIpc) is 2.29. The summed E-state index contributed by atoms with van der Waals surface area (Å²) in [6.45, 7) is 6.75. The number of esters is 1. The molecule has 3 atom stereocenters. The van der Waals surface area contributed by atoms with Crippen LogP contribution >= 0.6 is 15.9 Å². The maximum atomic E-state index is 11.8. The largest absolute Gasteiger partial charge is 0.462 e. The van der Waals surface area contributed by atoms with Crippen LogP contribution in [0.1, 0.15) is 59.3 Å². The van der Waals surface area contributed by atoms with Gasteiger partial charge in [0.25, 0.3) is 0 Å². The van der Waals surface area contributed by atoms with Gasteiger partial charge in [0, 0.05) is 11.8 Å². The number of carbonyl (C=O) groups is 1. The molecular formula is C15H27BrO2. The lowest BCUT2D eigenvalue weighted by Gasteiger charge is -2.36. The molecule has 106 valence electrons. The third-order valence-electron chi connectivity index (χ3n) is 4.01. The summed E-state index contributed by atoms with van der Waals surface area (Å²) in [7, 11) is 0. The van der Waals surface area contributed by atoms with Gasteiger partial charge in [-0.1, -0.05) is 43.1 Å². The summed E-state index contributed by atoms with van der Waals surface area (Å²) in [6.07, 6.45) is 6.24. The van der Waals surface area contributed by atoms with Gasteiger partial charge in [-0.2, -0.15) is 0 Å². The van der Waals surface area contributed by atoms with E-state index in [1.807, 2.05) is 0 Å². The highest BCUT2D eigenvalue weighted by Gasteiger charge is 2.33. The van der Waals surface area contributed by atoms with Gasteiger partial charge in [0.05, 0.1) is 0 Å². The molecule has 0 aliphatic heterocycles. The van der Waals surface area contributed by atoms with Crippen LogP contribution in [0.2, 0.25) is 0 Å². The SMILES string of the molecule is CC(C)[C@H]1CC[C@H](C)C[C@@H]1OC(=O)CCCCBr. The molecule has 0 aromatic heterocycles. The predicted octanol–water partition coefficient (Wildman–Crippen LogP) is 4.56. The van der Waals surface area contributed by atoms with Crippen molar-refractivity contribution in [2.75, 3.05) is 5.33 Å². The molecule has 18 heavy (non-hydrogen) atoms.